The van der Waals surface area contributed by atoms with Gasteiger partial charge in [-0.05, 0) is 66.4 Å². The Balaban J connectivity index is 1.37. The lowest BCUT2D eigenvalue weighted by Crippen LogP contribution is -2.26. The van der Waals surface area contributed by atoms with Crippen molar-refractivity contribution in [1.29, 1.82) is 0 Å². The first-order valence-electron chi connectivity index (χ1n) is 10.7. The van der Waals surface area contributed by atoms with Crippen LogP contribution < -0.4 is 4.90 Å². The minimum absolute atomic E-state index is 0.0248. The van der Waals surface area contributed by atoms with Crippen molar-refractivity contribution >= 4 is 28.3 Å². The monoisotopic (exact) mass is 407 g/mol. The molecule has 31 heavy (non-hydrogen) atoms. The Bertz CT molecular complexity index is 1250. The molecule has 0 saturated heterocycles. The molecule has 0 radical (unpaired) electrons. The van der Waals surface area contributed by atoms with Crippen molar-refractivity contribution in [2.75, 3.05) is 18.5 Å². The molecule has 4 nitrogen and oxygen atoms in total. The van der Waals surface area contributed by atoms with Crippen LogP contribution in [0.4, 0.5) is 11.5 Å². The number of benzene rings is 3. The fourth-order valence-corrected chi connectivity index (χ4v) is 4.25. The molecule has 1 amide bonds. The van der Waals surface area contributed by atoms with Gasteiger partial charge < -0.3 is 9.80 Å². The number of hydrogen-bond acceptors (Lipinski definition) is 3. The summed E-state index contributed by atoms with van der Waals surface area (Å²) in [5, 5.41) is 1.19. The van der Waals surface area contributed by atoms with Crippen LogP contribution in [0.5, 0.6) is 0 Å². The summed E-state index contributed by atoms with van der Waals surface area (Å²) >= 11 is 0. The fraction of sp³-hybridized carbons (Fsp3) is 0.185. The SMILES string of the molecule is Cc1ccc2cc3c(nc2c1)N(c1ccc(C(=O)N(C)Cc2ccccc2)cc1)CC3. The van der Waals surface area contributed by atoms with Crippen LogP contribution in [0.25, 0.3) is 10.9 Å². The molecule has 0 bridgehead atoms. The molecule has 3 aromatic carbocycles. The molecule has 154 valence electrons. The summed E-state index contributed by atoms with van der Waals surface area (Å²) in [5.41, 5.74) is 6.41. The van der Waals surface area contributed by atoms with Gasteiger partial charge in [0.05, 0.1) is 5.52 Å². The summed E-state index contributed by atoms with van der Waals surface area (Å²) in [6.45, 7) is 3.59. The van der Waals surface area contributed by atoms with E-state index < -0.39 is 0 Å². The van der Waals surface area contributed by atoms with Gasteiger partial charge in [-0.3, -0.25) is 4.79 Å². The topological polar surface area (TPSA) is 36.4 Å². The molecule has 0 saturated carbocycles. The Hall–Kier alpha value is -3.66. The average Bonchev–Trinajstić information content (AvgIpc) is 3.20. The van der Waals surface area contributed by atoms with Gasteiger partial charge in [-0.1, -0.05) is 42.5 Å². The maximum atomic E-state index is 12.9. The maximum absolute atomic E-state index is 12.9. The van der Waals surface area contributed by atoms with E-state index in [-0.39, 0.29) is 5.91 Å². The molecule has 2 heterocycles. The summed E-state index contributed by atoms with van der Waals surface area (Å²) < 4.78 is 0. The molecule has 4 heteroatoms. The largest absolute Gasteiger partial charge is 0.337 e. The lowest BCUT2D eigenvalue weighted by Gasteiger charge is -2.20. The molecule has 5 rings (SSSR count). The van der Waals surface area contributed by atoms with Crippen LogP contribution in [-0.2, 0) is 13.0 Å². The predicted molar refractivity (Wildman–Crippen MR) is 126 cm³/mol. The van der Waals surface area contributed by atoms with Crippen molar-refractivity contribution in [2.45, 2.75) is 19.9 Å². The molecule has 1 aliphatic heterocycles. The van der Waals surface area contributed by atoms with Crippen molar-refractivity contribution in [3.63, 3.8) is 0 Å². The molecular weight excluding hydrogens is 382 g/mol. The Labute approximate surface area is 182 Å². The van der Waals surface area contributed by atoms with E-state index in [0.717, 1.165) is 35.6 Å². The number of rotatable bonds is 4. The van der Waals surface area contributed by atoms with Gasteiger partial charge in [-0.25, -0.2) is 4.98 Å². The van der Waals surface area contributed by atoms with Crippen molar-refractivity contribution in [2.24, 2.45) is 0 Å². The van der Waals surface area contributed by atoms with E-state index in [2.05, 4.69) is 36.1 Å². The number of anilines is 2. The van der Waals surface area contributed by atoms with Gasteiger partial charge in [0.25, 0.3) is 5.91 Å². The Morgan fingerprint density at radius 2 is 1.77 bits per heavy atom. The highest BCUT2D eigenvalue weighted by Gasteiger charge is 2.23. The fourth-order valence-electron chi connectivity index (χ4n) is 4.25. The zero-order chi connectivity index (χ0) is 21.4. The van der Waals surface area contributed by atoms with E-state index in [1.165, 1.54) is 16.5 Å². The van der Waals surface area contributed by atoms with Crippen LogP contribution in [-0.4, -0.2) is 29.4 Å². The van der Waals surface area contributed by atoms with Crippen molar-refractivity contribution in [1.82, 2.24) is 9.88 Å². The average molecular weight is 408 g/mol. The van der Waals surface area contributed by atoms with Crippen LogP contribution in [0.1, 0.15) is 27.0 Å². The van der Waals surface area contributed by atoms with E-state index in [9.17, 15) is 4.79 Å². The van der Waals surface area contributed by atoms with Gasteiger partial charge in [0.1, 0.15) is 5.82 Å². The molecule has 1 aromatic heterocycles. The zero-order valence-corrected chi connectivity index (χ0v) is 17.9. The number of nitrogens with zero attached hydrogens (tertiary/aromatic N) is 3. The second-order valence-electron chi connectivity index (χ2n) is 8.26. The second kappa shape index (κ2) is 7.88. The summed E-state index contributed by atoms with van der Waals surface area (Å²) in [4.78, 5) is 21.8. The molecule has 1 aliphatic rings. The first-order valence-corrected chi connectivity index (χ1v) is 10.7. The van der Waals surface area contributed by atoms with E-state index in [4.69, 9.17) is 4.98 Å². The minimum atomic E-state index is 0.0248. The second-order valence-corrected chi connectivity index (χ2v) is 8.26. The molecule has 0 fully saturated rings. The highest BCUT2D eigenvalue weighted by molar-refractivity contribution is 5.94. The smallest absolute Gasteiger partial charge is 0.253 e. The van der Waals surface area contributed by atoms with Crippen LogP contribution >= 0.6 is 0 Å². The predicted octanol–water partition coefficient (Wildman–Crippen LogP) is 5.51. The number of amides is 1. The first kappa shape index (κ1) is 19.3. The summed E-state index contributed by atoms with van der Waals surface area (Å²) in [5.74, 6) is 1.05. The number of pyridine rings is 1. The first-order chi connectivity index (χ1) is 15.1. The molecular formula is C27H25N3O. The summed E-state index contributed by atoms with van der Waals surface area (Å²) in [7, 11) is 1.84. The van der Waals surface area contributed by atoms with Gasteiger partial charge in [0.2, 0.25) is 0 Å². The number of carbonyl (C=O) groups is 1. The van der Waals surface area contributed by atoms with Gasteiger partial charge in [0.15, 0.2) is 0 Å². The highest BCUT2D eigenvalue weighted by atomic mass is 16.2. The number of carbonyl (C=O) groups excluding carboxylic acids is 1. The molecule has 0 unspecified atom stereocenters. The van der Waals surface area contributed by atoms with Crippen LogP contribution in [0, 0.1) is 6.92 Å². The van der Waals surface area contributed by atoms with Gasteiger partial charge in [-0.2, -0.15) is 0 Å². The summed E-state index contributed by atoms with van der Waals surface area (Å²) in [6, 6.07) is 26.6. The van der Waals surface area contributed by atoms with Crippen LogP contribution in [0.15, 0.2) is 78.9 Å². The highest BCUT2D eigenvalue weighted by Crippen LogP contribution is 2.35. The normalized spacial score (nSPS) is 12.8. The number of aryl methyl sites for hydroxylation is 1. The minimum Gasteiger partial charge on any atom is -0.337 e. The van der Waals surface area contributed by atoms with E-state index in [0.29, 0.717) is 12.1 Å². The third kappa shape index (κ3) is 3.77. The lowest BCUT2D eigenvalue weighted by molar-refractivity contribution is 0.0785. The molecule has 0 spiro atoms. The third-order valence-electron chi connectivity index (χ3n) is 5.92. The Morgan fingerprint density at radius 1 is 1.00 bits per heavy atom. The van der Waals surface area contributed by atoms with Crippen molar-refractivity contribution < 1.29 is 4.79 Å². The molecule has 0 aliphatic carbocycles. The van der Waals surface area contributed by atoms with E-state index in [1.807, 2.05) is 61.6 Å². The standard InChI is InChI=1S/C27H25N3O/c1-19-8-9-22-17-23-14-15-30(26(23)28-25(22)16-19)24-12-10-21(11-13-24)27(31)29(2)18-20-6-4-3-5-7-20/h3-13,16-17H,14-15,18H2,1-2H3. The molecule has 0 atom stereocenters. The maximum Gasteiger partial charge on any atom is 0.253 e. The zero-order valence-electron chi connectivity index (χ0n) is 17.9. The van der Waals surface area contributed by atoms with Crippen molar-refractivity contribution in [3.05, 3.63) is 101 Å². The van der Waals surface area contributed by atoms with E-state index in [1.54, 1.807) is 4.90 Å². The quantitative estimate of drug-likeness (QED) is 0.448. The van der Waals surface area contributed by atoms with Crippen molar-refractivity contribution in [3.8, 4) is 0 Å². The third-order valence-corrected chi connectivity index (χ3v) is 5.92. The Kier molecular flexibility index (Phi) is 4.91. The van der Waals surface area contributed by atoms with Crippen LogP contribution in [0.3, 0.4) is 0 Å². The van der Waals surface area contributed by atoms with Gasteiger partial charge in [-0.15, -0.1) is 0 Å². The number of aromatic nitrogens is 1. The van der Waals surface area contributed by atoms with Crippen LogP contribution in [0.2, 0.25) is 0 Å². The Morgan fingerprint density at radius 3 is 2.55 bits per heavy atom. The number of fused-ring (bicyclic) bond motifs is 2. The van der Waals surface area contributed by atoms with Gasteiger partial charge >= 0.3 is 0 Å². The summed E-state index contributed by atoms with van der Waals surface area (Å²) in [6.07, 6.45) is 0.979. The van der Waals surface area contributed by atoms with E-state index >= 15 is 0 Å². The number of hydrogen-bond donors (Lipinski definition) is 0. The lowest BCUT2D eigenvalue weighted by atomic mass is 10.1. The molecule has 0 N–H and O–H groups in total. The molecule has 4 aromatic rings. The van der Waals surface area contributed by atoms with Gasteiger partial charge in [0, 0.05) is 36.8 Å².